The largest absolute Gasteiger partial charge is 0.309 e. The van der Waals surface area contributed by atoms with Crippen LogP contribution >= 0.6 is 0 Å². The molecule has 2 aliphatic rings. The molecule has 2 N–H and O–H groups in total. The molecule has 0 spiro atoms. The highest BCUT2D eigenvalue weighted by molar-refractivity contribution is 5.21. The molecule has 0 aromatic heterocycles. The van der Waals surface area contributed by atoms with Crippen molar-refractivity contribution >= 4 is 0 Å². The first kappa shape index (κ1) is 13.6. The van der Waals surface area contributed by atoms with Gasteiger partial charge in [0, 0.05) is 49.5 Å². The van der Waals surface area contributed by atoms with Gasteiger partial charge in [0.05, 0.1) is 0 Å². The average molecular weight is 250 g/mol. The summed E-state index contributed by atoms with van der Waals surface area (Å²) in [6.45, 7) is 9.69. The maximum Gasteiger partial charge on any atom is 0.0462 e. The molecule has 0 saturated carbocycles. The zero-order valence-corrected chi connectivity index (χ0v) is 12.0. The quantitative estimate of drug-likeness (QED) is 0.787. The van der Waals surface area contributed by atoms with Crippen LogP contribution in [0.3, 0.4) is 0 Å². The van der Waals surface area contributed by atoms with Crippen molar-refractivity contribution in [1.29, 1.82) is 0 Å². The van der Waals surface area contributed by atoms with Crippen LogP contribution in [-0.4, -0.2) is 48.7 Å². The molecule has 0 aromatic carbocycles. The molecule has 0 saturated heterocycles. The van der Waals surface area contributed by atoms with Crippen molar-refractivity contribution in [2.24, 2.45) is 0 Å². The molecule has 102 valence electrons. The average Bonchev–Trinajstić information content (AvgIpc) is 2.69. The lowest BCUT2D eigenvalue weighted by Crippen LogP contribution is -2.40. The second-order valence-corrected chi connectivity index (χ2v) is 5.65. The highest BCUT2D eigenvalue weighted by Crippen LogP contribution is 2.22. The maximum atomic E-state index is 3.53. The SMILES string of the molecule is CC(C)NCC1=CC(C)NN1C1=CCN(C)CC1. The number of nitrogens with one attached hydrogen (secondary N) is 2. The van der Waals surface area contributed by atoms with Crippen molar-refractivity contribution in [2.75, 3.05) is 26.7 Å². The van der Waals surface area contributed by atoms with E-state index in [2.05, 4.69) is 60.6 Å². The third kappa shape index (κ3) is 3.34. The molecule has 2 heterocycles. The summed E-state index contributed by atoms with van der Waals surface area (Å²) in [6.07, 6.45) is 5.77. The second kappa shape index (κ2) is 5.87. The Morgan fingerprint density at radius 2 is 2.28 bits per heavy atom. The topological polar surface area (TPSA) is 30.5 Å². The van der Waals surface area contributed by atoms with Crippen LogP contribution in [0.1, 0.15) is 27.2 Å². The van der Waals surface area contributed by atoms with Crippen molar-refractivity contribution in [2.45, 2.75) is 39.3 Å². The fourth-order valence-electron chi connectivity index (χ4n) is 2.36. The van der Waals surface area contributed by atoms with Crippen molar-refractivity contribution in [3.05, 3.63) is 23.5 Å². The minimum Gasteiger partial charge on any atom is -0.309 e. The summed E-state index contributed by atoms with van der Waals surface area (Å²) in [5.41, 5.74) is 6.29. The molecule has 2 aliphatic heterocycles. The van der Waals surface area contributed by atoms with Crippen LogP contribution < -0.4 is 10.7 Å². The molecule has 0 aliphatic carbocycles. The van der Waals surface area contributed by atoms with Crippen LogP contribution in [0.4, 0.5) is 0 Å². The Hall–Kier alpha value is -0.840. The Morgan fingerprint density at radius 3 is 2.89 bits per heavy atom. The summed E-state index contributed by atoms with van der Waals surface area (Å²) in [6, 6.07) is 0.949. The van der Waals surface area contributed by atoms with Gasteiger partial charge in [-0.05, 0) is 26.1 Å². The molecule has 4 heteroatoms. The summed E-state index contributed by atoms with van der Waals surface area (Å²) < 4.78 is 0. The van der Waals surface area contributed by atoms with E-state index in [-0.39, 0.29) is 0 Å². The van der Waals surface area contributed by atoms with Crippen LogP contribution in [0.5, 0.6) is 0 Å². The van der Waals surface area contributed by atoms with Crippen molar-refractivity contribution in [3.63, 3.8) is 0 Å². The summed E-state index contributed by atoms with van der Waals surface area (Å²) in [5.74, 6) is 0. The molecule has 0 bridgehead atoms. The van der Waals surface area contributed by atoms with Gasteiger partial charge in [-0.15, -0.1) is 0 Å². The molecule has 4 nitrogen and oxygen atoms in total. The fraction of sp³-hybridized carbons (Fsp3) is 0.714. The number of hydrogen-bond donors (Lipinski definition) is 2. The Balaban J connectivity index is 2.01. The van der Waals surface area contributed by atoms with Crippen LogP contribution in [0.2, 0.25) is 0 Å². The lowest BCUT2D eigenvalue weighted by atomic mass is 10.2. The Labute approximate surface area is 111 Å². The summed E-state index contributed by atoms with van der Waals surface area (Å²) in [7, 11) is 2.17. The van der Waals surface area contributed by atoms with Gasteiger partial charge in [0.2, 0.25) is 0 Å². The molecular weight excluding hydrogens is 224 g/mol. The minimum atomic E-state index is 0.425. The molecule has 0 aromatic rings. The van der Waals surface area contributed by atoms with E-state index in [1.165, 1.54) is 11.4 Å². The Bertz CT molecular complexity index is 346. The summed E-state index contributed by atoms with van der Waals surface area (Å²) >= 11 is 0. The Morgan fingerprint density at radius 1 is 1.50 bits per heavy atom. The molecule has 1 atom stereocenters. The lowest BCUT2D eigenvalue weighted by Gasteiger charge is -2.31. The molecule has 0 fully saturated rings. The van der Waals surface area contributed by atoms with E-state index >= 15 is 0 Å². The van der Waals surface area contributed by atoms with E-state index in [0.29, 0.717) is 12.1 Å². The predicted molar refractivity (Wildman–Crippen MR) is 75.9 cm³/mol. The van der Waals surface area contributed by atoms with Gasteiger partial charge in [0.15, 0.2) is 0 Å². The van der Waals surface area contributed by atoms with Gasteiger partial charge < -0.3 is 10.2 Å². The molecular formula is C14H26N4. The predicted octanol–water partition coefficient (Wildman–Crippen LogP) is 1.30. The van der Waals surface area contributed by atoms with E-state index in [1.807, 2.05) is 0 Å². The smallest absolute Gasteiger partial charge is 0.0462 e. The van der Waals surface area contributed by atoms with Crippen LogP contribution in [-0.2, 0) is 0 Å². The van der Waals surface area contributed by atoms with E-state index < -0.39 is 0 Å². The third-order valence-corrected chi connectivity index (χ3v) is 3.43. The first-order chi connectivity index (χ1) is 8.56. The highest BCUT2D eigenvalue weighted by Gasteiger charge is 2.24. The number of hydrazine groups is 1. The molecule has 0 amide bonds. The van der Waals surface area contributed by atoms with Crippen molar-refractivity contribution in [3.8, 4) is 0 Å². The van der Waals surface area contributed by atoms with Crippen molar-refractivity contribution < 1.29 is 0 Å². The van der Waals surface area contributed by atoms with E-state index in [9.17, 15) is 0 Å². The first-order valence-corrected chi connectivity index (χ1v) is 6.94. The second-order valence-electron chi connectivity index (χ2n) is 5.65. The van der Waals surface area contributed by atoms with Gasteiger partial charge in [0.1, 0.15) is 0 Å². The molecule has 2 rings (SSSR count). The molecule has 18 heavy (non-hydrogen) atoms. The van der Waals surface area contributed by atoms with Gasteiger partial charge in [-0.3, -0.25) is 5.01 Å². The van der Waals surface area contributed by atoms with Gasteiger partial charge in [0.25, 0.3) is 0 Å². The van der Waals surface area contributed by atoms with Crippen molar-refractivity contribution in [1.82, 2.24) is 20.7 Å². The zero-order valence-electron chi connectivity index (χ0n) is 12.0. The third-order valence-electron chi connectivity index (χ3n) is 3.43. The molecule has 1 unspecified atom stereocenters. The maximum absolute atomic E-state index is 3.53. The monoisotopic (exact) mass is 250 g/mol. The van der Waals surface area contributed by atoms with Crippen LogP contribution in [0, 0.1) is 0 Å². The minimum absolute atomic E-state index is 0.425. The number of nitrogens with zero attached hydrogens (tertiary/aromatic N) is 2. The van der Waals surface area contributed by atoms with Crippen LogP contribution in [0.25, 0.3) is 0 Å². The zero-order chi connectivity index (χ0) is 13.1. The number of rotatable bonds is 4. The molecule has 0 radical (unpaired) electrons. The summed E-state index contributed by atoms with van der Waals surface area (Å²) in [4.78, 5) is 2.35. The standard InChI is InChI=1S/C14H26N4/c1-11(2)15-10-14-9-12(3)16-18(14)13-5-7-17(4)8-6-13/h5,9,11-12,15-16H,6-8,10H2,1-4H3. The normalized spacial score (nSPS) is 25.6. The van der Waals surface area contributed by atoms with Gasteiger partial charge in [-0.2, -0.15) is 0 Å². The van der Waals surface area contributed by atoms with E-state index in [4.69, 9.17) is 0 Å². The van der Waals surface area contributed by atoms with Crippen LogP contribution in [0.15, 0.2) is 23.5 Å². The summed E-state index contributed by atoms with van der Waals surface area (Å²) in [5, 5.41) is 5.78. The number of likely N-dealkylation sites (N-methyl/N-ethyl adjacent to an activating group) is 1. The fourth-order valence-corrected chi connectivity index (χ4v) is 2.36. The highest BCUT2D eigenvalue weighted by atomic mass is 15.5. The van der Waals surface area contributed by atoms with E-state index in [1.54, 1.807) is 0 Å². The number of hydrogen-bond acceptors (Lipinski definition) is 4. The van der Waals surface area contributed by atoms with E-state index in [0.717, 1.165) is 26.1 Å². The lowest BCUT2D eigenvalue weighted by molar-refractivity contribution is 0.268. The van der Waals surface area contributed by atoms with Gasteiger partial charge >= 0.3 is 0 Å². The van der Waals surface area contributed by atoms with Gasteiger partial charge in [-0.1, -0.05) is 13.8 Å². The van der Waals surface area contributed by atoms with Gasteiger partial charge in [-0.25, -0.2) is 5.43 Å². The first-order valence-electron chi connectivity index (χ1n) is 6.94. The Kier molecular flexibility index (Phi) is 4.43.